The number of urea groups is 1. The minimum Gasteiger partial charge on any atom is -0.473 e. The molecule has 7 nitrogen and oxygen atoms in total. The molecule has 2 unspecified atom stereocenters. The van der Waals surface area contributed by atoms with E-state index in [1.54, 1.807) is 6.20 Å². The Morgan fingerprint density at radius 1 is 1.17 bits per heavy atom. The molecule has 1 N–H and O–H groups in total. The van der Waals surface area contributed by atoms with Crippen LogP contribution in [-0.4, -0.2) is 58.8 Å². The first kappa shape index (κ1) is 19.9. The number of amides is 2. The number of likely N-dealkylation sites (tertiary alicyclic amines) is 1. The van der Waals surface area contributed by atoms with E-state index in [2.05, 4.69) is 29.1 Å². The lowest BCUT2D eigenvalue weighted by molar-refractivity contribution is -0.0513. The van der Waals surface area contributed by atoms with Crippen molar-refractivity contribution in [1.29, 1.82) is 0 Å². The molecule has 2 aliphatic heterocycles. The highest BCUT2D eigenvalue weighted by Gasteiger charge is 2.27. The van der Waals surface area contributed by atoms with E-state index >= 15 is 0 Å². The van der Waals surface area contributed by atoms with Crippen LogP contribution in [0.3, 0.4) is 0 Å². The van der Waals surface area contributed by atoms with Gasteiger partial charge in [0, 0.05) is 32.5 Å². The number of aromatic nitrogens is 2. The second-order valence-corrected chi connectivity index (χ2v) is 8.28. The maximum Gasteiger partial charge on any atom is 0.317 e. The van der Waals surface area contributed by atoms with E-state index < -0.39 is 0 Å². The lowest BCUT2D eigenvalue weighted by Gasteiger charge is -2.34. The zero-order valence-electron chi connectivity index (χ0n) is 17.2. The van der Waals surface area contributed by atoms with Gasteiger partial charge in [0.25, 0.3) is 0 Å². The third-order valence-corrected chi connectivity index (χ3v) is 5.78. The molecule has 7 heteroatoms. The molecular formula is C22H30N4O3. The Bertz CT molecular complexity index is 828. The molecule has 3 heterocycles. The molecule has 29 heavy (non-hydrogen) atoms. The lowest BCUT2D eigenvalue weighted by Crippen LogP contribution is -2.48. The summed E-state index contributed by atoms with van der Waals surface area (Å²) in [5.41, 5.74) is 1.69. The zero-order chi connectivity index (χ0) is 20.2. The number of carbonyl (C=O) groups is 1. The highest BCUT2D eigenvalue weighted by molar-refractivity contribution is 5.74. The van der Waals surface area contributed by atoms with Crippen molar-refractivity contribution in [3.05, 3.63) is 30.5 Å². The van der Waals surface area contributed by atoms with Gasteiger partial charge in [0.2, 0.25) is 5.88 Å². The number of hydrogen-bond donors (Lipinski definition) is 1. The first-order chi connectivity index (χ1) is 14.1. The summed E-state index contributed by atoms with van der Waals surface area (Å²) in [5, 5.41) is 3.12. The third-order valence-electron chi connectivity index (χ3n) is 5.78. The topological polar surface area (TPSA) is 76.6 Å². The number of piperidine rings is 1. The van der Waals surface area contributed by atoms with Crippen LogP contribution in [0.2, 0.25) is 0 Å². The maximum absolute atomic E-state index is 12.5. The average Bonchev–Trinajstić information content (AvgIpc) is 2.72. The van der Waals surface area contributed by atoms with Crippen molar-refractivity contribution in [2.75, 3.05) is 19.6 Å². The van der Waals surface area contributed by atoms with Crippen molar-refractivity contribution < 1.29 is 14.3 Å². The van der Waals surface area contributed by atoms with Gasteiger partial charge in [-0.05, 0) is 44.7 Å². The van der Waals surface area contributed by atoms with E-state index in [1.807, 2.05) is 29.2 Å². The number of benzene rings is 1. The van der Waals surface area contributed by atoms with Crippen LogP contribution in [0.4, 0.5) is 4.79 Å². The predicted molar refractivity (Wildman–Crippen MR) is 111 cm³/mol. The van der Waals surface area contributed by atoms with Gasteiger partial charge in [-0.1, -0.05) is 12.1 Å². The molecule has 1 aromatic carbocycles. The highest BCUT2D eigenvalue weighted by atomic mass is 16.5. The summed E-state index contributed by atoms with van der Waals surface area (Å²) in [4.78, 5) is 23.3. The minimum atomic E-state index is 0.0285. The molecular weight excluding hydrogens is 368 g/mol. The minimum absolute atomic E-state index is 0.0285. The molecule has 0 aliphatic carbocycles. The number of ether oxygens (including phenoxy) is 2. The maximum atomic E-state index is 12.5. The predicted octanol–water partition coefficient (Wildman–Crippen LogP) is 3.39. The monoisotopic (exact) mass is 398 g/mol. The summed E-state index contributed by atoms with van der Waals surface area (Å²) in [6, 6.07) is 7.79. The van der Waals surface area contributed by atoms with Crippen molar-refractivity contribution in [3.63, 3.8) is 0 Å². The van der Waals surface area contributed by atoms with E-state index in [0.29, 0.717) is 24.9 Å². The number of carbonyl (C=O) groups excluding carboxylic acids is 1. The average molecular weight is 399 g/mol. The summed E-state index contributed by atoms with van der Waals surface area (Å²) < 4.78 is 11.8. The number of fused-ring (bicyclic) bond motifs is 1. The fourth-order valence-electron chi connectivity index (χ4n) is 4.40. The summed E-state index contributed by atoms with van der Waals surface area (Å²) in [6.45, 7) is 6.32. The number of rotatable bonds is 4. The Morgan fingerprint density at radius 3 is 2.59 bits per heavy atom. The molecule has 2 fully saturated rings. The van der Waals surface area contributed by atoms with Crippen molar-refractivity contribution >= 4 is 17.1 Å². The van der Waals surface area contributed by atoms with Gasteiger partial charge in [-0.25, -0.2) is 14.8 Å². The zero-order valence-corrected chi connectivity index (χ0v) is 17.2. The van der Waals surface area contributed by atoms with Gasteiger partial charge in [-0.3, -0.25) is 0 Å². The first-order valence-corrected chi connectivity index (χ1v) is 10.6. The van der Waals surface area contributed by atoms with E-state index in [0.717, 1.165) is 43.3 Å². The molecule has 1 aromatic heterocycles. The molecule has 2 aliphatic rings. The van der Waals surface area contributed by atoms with Crippen LogP contribution in [-0.2, 0) is 4.74 Å². The van der Waals surface area contributed by atoms with Gasteiger partial charge in [-0.2, -0.15) is 0 Å². The van der Waals surface area contributed by atoms with Crippen LogP contribution in [0.5, 0.6) is 5.88 Å². The molecule has 2 saturated heterocycles. The van der Waals surface area contributed by atoms with Crippen molar-refractivity contribution in [2.24, 2.45) is 5.92 Å². The molecule has 0 saturated carbocycles. The van der Waals surface area contributed by atoms with Crippen LogP contribution in [0.25, 0.3) is 11.0 Å². The fourth-order valence-corrected chi connectivity index (χ4v) is 4.40. The second kappa shape index (κ2) is 8.95. The Balaban J connectivity index is 1.22. The highest BCUT2D eigenvalue weighted by Crippen LogP contribution is 2.24. The molecule has 0 radical (unpaired) electrons. The molecule has 0 bridgehead atoms. The number of para-hydroxylation sites is 2. The largest absolute Gasteiger partial charge is 0.473 e. The van der Waals surface area contributed by atoms with E-state index in [-0.39, 0.29) is 24.3 Å². The SMILES string of the molecule is CC1CC(CNC(=O)N2CCC(Oc3cnc4ccccc4n3)CC2)CC(C)O1. The fraction of sp³-hybridized carbons (Fsp3) is 0.591. The van der Waals surface area contributed by atoms with Crippen LogP contribution in [0, 0.1) is 5.92 Å². The van der Waals surface area contributed by atoms with Gasteiger partial charge >= 0.3 is 6.03 Å². The summed E-state index contributed by atoms with van der Waals surface area (Å²) in [6.07, 6.45) is 5.89. The van der Waals surface area contributed by atoms with Crippen molar-refractivity contribution in [2.45, 2.75) is 57.8 Å². The second-order valence-electron chi connectivity index (χ2n) is 8.28. The summed E-state index contributed by atoms with van der Waals surface area (Å²) in [5.74, 6) is 1.04. The van der Waals surface area contributed by atoms with Gasteiger partial charge in [0.1, 0.15) is 6.10 Å². The molecule has 2 amide bonds. The Labute approximate surface area is 171 Å². The van der Waals surface area contributed by atoms with Gasteiger partial charge in [0.15, 0.2) is 0 Å². The van der Waals surface area contributed by atoms with Crippen molar-refractivity contribution in [3.8, 4) is 5.88 Å². The first-order valence-electron chi connectivity index (χ1n) is 10.6. The van der Waals surface area contributed by atoms with Crippen LogP contribution < -0.4 is 10.1 Å². The van der Waals surface area contributed by atoms with Gasteiger partial charge < -0.3 is 19.7 Å². The summed E-state index contributed by atoms with van der Waals surface area (Å²) in [7, 11) is 0. The van der Waals surface area contributed by atoms with Crippen LogP contribution in [0.1, 0.15) is 39.5 Å². The summed E-state index contributed by atoms with van der Waals surface area (Å²) >= 11 is 0. The Hall–Kier alpha value is -2.41. The van der Waals surface area contributed by atoms with E-state index in [4.69, 9.17) is 9.47 Å². The van der Waals surface area contributed by atoms with Crippen LogP contribution in [0.15, 0.2) is 30.5 Å². The number of nitrogens with one attached hydrogen (secondary N) is 1. The molecule has 0 spiro atoms. The lowest BCUT2D eigenvalue weighted by atomic mass is 9.92. The van der Waals surface area contributed by atoms with Crippen LogP contribution >= 0.6 is 0 Å². The van der Waals surface area contributed by atoms with E-state index in [1.165, 1.54) is 0 Å². The third kappa shape index (κ3) is 5.15. The molecule has 156 valence electrons. The normalized spacial score (nSPS) is 25.7. The van der Waals surface area contributed by atoms with E-state index in [9.17, 15) is 4.79 Å². The Morgan fingerprint density at radius 2 is 1.86 bits per heavy atom. The van der Waals surface area contributed by atoms with Crippen molar-refractivity contribution in [1.82, 2.24) is 20.2 Å². The quantitative estimate of drug-likeness (QED) is 0.854. The number of hydrogen-bond acceptors (Lipinski definition) is 5. The molecule has 2 aromatic rings. The molecule has 2 atom stereocenters. The van der Waals surface area contributed by atoms with Gasteiger partial charge in [-0.15, -0.1) is 0 Å². The molecule has 4 rings (SSSR count). The standard InChI is InChI=1S/C22H30N4O3/c1-15-11-17(12-16(2)28-15)13-24-22(27)26-9-7-18(8-10-26)29-21-14-23-19-5-3-4-6-20(19)25-21/h3-6,14-18H,7-13H2,1-2H3,(H,24,27). The van der Waals surface area contributed by atoms with Gasteiger partial charge in [0.05, 0.1) is 29.4 Å². The Kier molecular flexibility index (Phi) is 6.13. The smallest absolute Gasteiger partial charge is 0.317 e. The number of nitrogens with zero attached hydrogens (tertiary/aromatic N) is 3.